The van der Waals surface area contributed by atoms with Crippen molar-refractivity contribution in [3.05, 3.63) is 125 Å². The number of para-hydroxylation sites is 1. The first-order valence-electron chi connectivity index (χ1n) is 16.3. The van der Waals surface area contributed by atoms with Gasteiger partial charge in [-0.15, -0.1) is 5.10 Å². The number of amides is 1. The van der Waals surface area contributed by atoms with E-state index in [1.165, 1.54) is 11.1 Å². The van der Waals surface area contributed by atoms with Gasteiger partial charge in [-0.2, -0.15) is 23.1 Å². The maximum atomic E-state index is 13.6. The average molecular weight is 735 g/mol. The molecule has 0 aliphatic heterocycles. The lowest BCUT2D eigenvalue weighted by molar-refractivity contribution is -0.192. The molecule has 1 fully saturated rings. The van der Waals surface area contributed by atoms with E-state index in [0.717, 1.165) is 59.4 Å². The number of carboxylic acids is 1. The molecule has 11 nitrogen and oxygen atoms in total. The van der Waals surface area contributed by atoms with Crippen molar-refractivity contribution in [2.24, 2.45) is 0 Å². The molecular formula is C37H37F3N6O5S. The van der Waals surface area contributed by atoms with E-state index in [2.05, 4.69) is 50.8 Å². The molecule has 6 rings (SSSR count). The van der Waals surface area contributed by atoms with Crippen molar-refractivity contribution in [1.29, 1.82) is 0 Å². The van der Waals surface area contributed by atoms with Crippen LogP contribution >= 0.6 is 0 Å². The molecule has 2 heterocycles. The summed E-state index contributed by atoms with van der Waals surface area (Å²) in [7, 11) is -3.18. The van der Waals surface area contributed by atoms with Gasteiger partial charge in [0.05, 0.1) is 22.0 Å². The van der Waals surface area contributed by atoms with Gasteiger partial charge in [-0.25, -0.2) is 13.2 Å². The number of aromatic nitrogens is 4. The lowest BCUT2D eigenvalue weighted by Crippen LogP contribution is -2.33. The fourth-order valence-electron chi connectivity index (χ4n) is 5.19. The van der Waals surface area contributed by atoms with Crippen molar-refractivity contribution in [1.82, 2.24) is 30.2 Å². The summed E-state index contributed by atoms with van der Waals surface area (Å²) in [6.07, 6.45) is 0.822. The topological polar surface area (TPSA) is 147 Å². The molecule has 0 radical (unpaired) electrons. The smallest absolute Gasteiger partial charge is 0.475 e. The van der Waals surface area contributed by atoms with Crippen molar-refractivity contribution in [3.63, 3.8) is 0 Å². The third-order valence-electron chi connectivity index (χ3n) is 8.16. The minimum Gasteiger partial charge on any atom is -0.475 e. The van der Waals surface area contributed by atoms with Crippen molar-refractivity contribution in [3.8, 4) is 16.9 Å². The number of carbonyl (C=O) groups excluding carboxylic acids is 1. The molecule has 52 heavy (non-hydrogen) atoms. The molecule has 0 spiro atoms. The van der Waals surface area contributed by atoms with Gasteiger partial charge in [0.25, 0.3) is 5.91 Å². The van der Waals surface area contributed by atoms with Crippen LogP contribution in [-0.2, 0) is 34.1 Å². The normalized spacial score (nSPS) is 12.9. The van der Waals surface area contributed by atoms with Gasteiger partial charge in [0.15, 0.2) is 15.5 Å². The summed E-state index contributed by atoms with van der Waals surface area (Å²) in [5.74, 6) is -2.84. The highest BCUT2D eigenvalue weighted by molar-refractivity contribution is 7.90. The van der Waals surface area contributed by atoms with Crippen molar-refractivity contribution >= 4 is 21.7 Å². The number of sulfone groups is 1. The summed E-state index contributed by atoms with van der Waals surface area (Å²) in [6, 6.07) is 29.2. The maximum Gasteiger partial charge on any atom is 0.490 e. The molecule has 0 bridgehead atoms. The Morgan fingerprint density at radius 1 is 0.904 bits per heavy atom. The zero-order chi connectivity index (χ0) is 37.5. The average Bonchev–Trinajstić information content (AvgIpc) is 3.89. The van der Waals surface area contributed by atoms with E-state index >= 15 is 0 Å². The first-order valence-corrected chi connectivity index (χ1v) is 18.2. The van der Waals surface area contributed by atoms with Gasteiger partial charge in [0.2, 0.25) is 0 Å². The quantitative estimate of drug-likeness (QED) is 0.152. The fourth-order valence-corrected chi connectivity index (χ4v) is 5.82. The SMILES string of the molecule is Cc1nn(-c2ccccc2)nc1C(=O)N(Cc1ccc(-c2ccc(CNCCc3ccc(S(C)(=O)=O)cc3)cn2)cc1)C1CC1.O=C(O)C(F)(F)F. The number of hydrogen-bond donors (Lipinski definition) is 2. The van der Waals surface area contributed by atoms with Crippen LogP contribution in [0.4, 0.5) is 13.2 Å². The Morgan fingerprint density at radius 2 is 1.52 bits per heavy atom. The summed E-state index contributed by atoms with van der Waals surface area (Å²) in [5, 5.41) is 19.6. The van der Waals surface area contributed by atoms with Crippen LogP contribution in [0.1, 0.15) is 45.7 Å². The summed E-state index contributed by atoms with van der Waals surface area (Å²) in [4.78, 5) is 31.0. The Balaban J connectivity index is 0.000000679. The molecule has 15 heteroatoms. The van der Waals surface area contributed by atoms with E-state index in [1.807, 2.05) is 66.6 Å². The molecule has 1 amide bonds. The Hall–Kier alpha value is -5.41. The highest BCUT2D eigenvalue weighted by Crippen LogP contribution is 2.30. The third-order valence-corrected chi connectivity index (χ3v) is 9.29. The van der Waals surface area contributed by atoms with Gasteiger partial charge in [0.1, 0.15) is 0 Å². The van der Waals surface area contributed by atoms with Crippen LogP contribution < -0.4 is 5.32 Å². The van der Waals surface area contributed by atoms with Gasteiger partial charge >= 0.3 is 12.1 Å². The predicted molar refractivity (Wildman–Crippen MR) is 187 cm³/mol. The first kappa shape index (κ1) is 37.8. The number of alkyl halides is 3. The second-order valence-electron chi connectivity index (χ2n) is 12.3. The van der Waals surface area contributed by atoms with Crippen LogP contribution in [0.25, 0.3) is 16.9 Å². The molecule has 1 aliphatic rings. The number of aliphatic carboxylic acids is 1. The zero-order valence-electron chi connectivity index (χ0n) is 28.4. The predicted octanol–water partition coefficient (Wildman–Crippen LogP) is 5.81. The van der Waals surface area contributed by atoms with E-state index in [0.29, 0.717) is 29.4 Å². The van der Waals surface area contributed by atoms with Crippen molar-refractivity contribution in [2.75, 3.05) is 12.8 Å². The lowest BCUT2D eigenvalue weighted by atomic mass is 10.1. The number of nitrogens with zero attached hydrogens (tertiary/aromatic N) is 5. The zero-order valence-corrected chi connectivity index (χ0v) is 29.2. The van der Waals surface area contributed by atoms with Gasteiger partial charge in [-0.05, 0) is 79.8 Å². The van der Waals surface area contributed by atoms with Crippen LogP contribution in [0.3, 0.4) is 0 Å². The molecule has 3 aromatic carbocycles. The van der Waals surface area contributed by atoms with Crippen LogP contribution in [0.2, 0.25) is 0 Å². The molecular weight excluding hydrogens is 698 g/mol. The molecule has 1 saturated carbocycles. The first-order chi connectivity index (χ1) is 24.7. The number of carbonyl (C=O) groups is 2. The van der Waals surface area contributed by atoms with Crippen LogP contribution in [0, 0.1) is 6.92 Å². The van der Waals surface area contributed by atoms with Crippen LogP contribution in [0.5, 0.6) is 0 Å². The summed E-state index contributed by atoms with van der Waals surface area (Å²) in [5.41, 5.74) is 6.96. The molecule has 0 saturated heterocycles. The Labute approximate surface area is 299 Å². The lowest BCUT2D eigenvalue weighted by Gasteiger charge is -2.22. The van der Waals surface area contributed by atoms with E-state index in [-0.39, 0.29) is 11.9 Å². The number of benzene rings is 3. The number of halogens is 3. The molecule has 2 N–H and O–H groups in total. The van der Waals surface area contributed by atoms with Crippen LogP contribution in [-0.4, -0.2) is 75.3 Å². The van der Waals surface area contributed by atoms with Gasteiger partial charge in [-0.3, -0.25) is 9.78 Å². The largest absolute Gasteiger partial charge is 0.490 e. The number of hydrogen-bond acceptors (Lipinski definition) is 8. The Kier molecular flexibility index (Phi) is 11.9. The van der Waals surface area contributed by atoms with Crippen molar-refractivity contribution in [2.45, 2.75) is 56.4 Å². The highest BCUT2D eigenvalue weighted by atomic mass is 32.2. The number of aryl methyl sites for hydroxylation is 1. The number of carboxylic acid groups (broad SMARTS) is 1. The number of pyridine rings is 1. The Morgan fingerprint density at radius 3 is 2.08 bits per heavy atom. The summed E-state index contributed by atoms with van der Waals surface area (Å²) < 4.78 is 55.0. The fraction of sp³-hybridized carbons (Fsp3) is 0.270. The van der Waals surface area contributed by atoms with Gasteiger partial charge in [-0.1, -0.05) is 60.7 Å². The molecule has 0 atom stereocenters. The second kappa shape index (κ2) is 16.3. The monoisotopic (exact) mass is 734 g/mol. The molecule has 2 aromatic heterocycles. The third kappa shape index (κ3) is 10.3. The van der Waals surface area contributed by atoms with E-state index in [1.54, 1.807) is 12.1 Å². The molecule has 1 aliphatic carbocycles. The standard InChI is InChI=1S/C35H36N6O3S.C2HF3O2/c1-25-34(39-41(38-25)31-6-4-3-5-7-31)35(42)40(30-15-16-30)24-27-8-13-29(14-9-27)33-19-12-28(23-37-33)22-36-21-20-26-10-17-32(18-11-26)45(2,43)44;3-2(4,5)1(6)7/h3-14,17-19,23,30,36H,15-16,20-22,24H2,1-2H3;(H,6,7). The second-order valence-corrected chi connectivity index (χ2v) is 14.3. The minimum atomic E-state index is -5.08. The molecule has 0 unspecified atom stereocenters. The van der Waals surface area contributed by atoms with Crippen LogP contribution in [0.15, 0.2) is 102 Å². The maximum absolute atomic E-state index is 13.6. The van der Waals surface area contributed by atoms with E-state index in [4.69, 9.17) is 9.90 Å². The van der Waals surface area contributed by atoms with Gasteiger partial charge < -0.3 is 15.3 Å². The molecule has 272 valence electrons. The van der Waals surface area contributed by atoms with Crippen molar-refractivity contribution < 1.29 is 36.3 Å². The summed E-state index contributed by atoms with van der Waals surface area (Å²) in [6.45, 7) is 3.81. The van der Waals surface area contributed by atoms with Gasteiger partial charge in [0, 0.05) is 37.1 Å². The molecule has 5 aromatic rings. The highest BCUT2D eigenvalue weighted by Gasteiger charge is 2.38. The number of rotatable bonds is 12. The summed E-state index contributed by atoms with van der Waals surface area (Å²) >= 11 is 0. The van der Waals surface area contributed by atoms with E-state index < -0.39 is 22.0 Å². The number of nitrogens with one attached hydrogen (secondary N) is 1. The minimum absolute atomic E-state index is 0.0861. The Bertz CT molecular complexity index is 2090. The van der Waals surface area contributed by atoms with E-state index in [9.17, 15) is 26.4 Å².